The van der Waals surface area contributed by atoms with Gasteiger partial charge in [0, 0.05) is 23.3 Å². The van der Waals surface area contributed by atoms with Gasteiger partial charge in [-0.15, -0.1) is 0 Å². The first-order chi connectivity index (χ1) is 30.3. The third-order valence-electron chi connectivity index (χ3n) is 13.3. The van der Waals surface area contributed by atoms with Gasteiger partial charge in [0.1, 0.15) is 0 Å². The molecule has 0 fully saturated rings. The summed E-state index contributed by atoms with van der Waals surface area (Å²) in [5.41, 5.74) is 23.6. The maximum absolute atomic E-state index is 11.2. The van der Waals surface area contributed by atoms with Crippen LogP contribution in [0.25, 0.3) is 16.9 Å². The zero-order valence-electron chi connectivity index (χ0n) is 43.1. The second-order valence-electron chi connectivity index (χ2n) is 18.3. The van der Waals surface area contributed by atoms with Gasteiger partial charge in [0.2, 0.25) is 11.4 Å². The second-order valence-corrected chi connectivity index (χ2v) is 18.3. The molecule has 0 saturated carbocycles. The fraction of sp³-hybridized carbons (Fsp3) is 0.700. The Kier molecular flexibility index (Phi) is 40.4. The molecular weight excluding hydrogens is 855 g/mol. The molecule has 1 heterocycles. The van der Waals surface area contributed by atoms with E-state index in [2.05, 4.69) is 106 Å². The summed E-state index contributed by atoms with van der Waals surface area (Å²) < 4.78 is 1.39. The zero-order valence-corrected chi connectivity index (χ0v) is 44.7. The molecule has 1 aliphatic rings. The van der Waals surface area contributed by atoms with Crippen LogP contribution < -0.4 is 0 Å². The maximum Gasteiger partial charge on any atom is 2.00 e. The van der Waals surface area contributed by atoms with Crippen LogP contribution in [-0.4, -0.2) is 4.70 Å². The maximum atomic E-state index is 11.2. The van der Waals surface area contributed by atoms with E-state index < -0.39 is 0 Å². The van der Waals surface area contributed by atoms with Crippen molar-refractivity contribution in [1.82, 2.24) is 0 Å². The first-order valence-corrected chi connectivity index (χ1v) is 27.1. The van der Waals surface area contributed by atoms with Crippen LogP contribution in [-0.2, 0) is 58.9 Å². The van der Waals surface area contributed by atoms with Crippen LogP contribution in [0.3, 0.4) is 0 Å². The van der Waals surface area contributed by atoms with Gasteiger partial charge < -0.3 is 19.4 Å². The van der Waals surface area contributed by atoms with Gasteiger partial charge in [-0.3, -0.25) is 0 Å². The van der Waals surface area contributed by atoms with Crippen LogP contribution in [0.1, 0.15) is 280 Å². The van der Waals surface area contributed by atoms with E-state index >= 15 is 0 Å². The van der Waals surface area contributed by atoms with E-state index in [9.17, 15) is 5.53 Å². The van der Waals surface area contributed by atoms with Crippen molar-refractivity contribution in [2.75, 3.05) is 0 Å². The number of nitrogens with zero attached hydrogens (tertiary/aromatic N) is 2. The Balaban J connectivity index is 0.000000997. The van der Waals surface area contributed by atoms with Crippen LogP contribution in [0.2, 0.25) is 0 Å². The minimum atomic E-state index is 0. The predicted molar refractivity (Wildman–Crippen MR) is 280 cm³/mol. The molecule has 0 aromatic heterocycles. The van der Waals surface area contributed by atoms with Gasteiger partial charge in [0.15, 0.2) is 0 Å². The molecule has 2 aromatic carbocycles. The minimum Gasteiger partial charge on any atom is -0.493 e. The Bertz CT molecular complexity index is 1290. The number of aryl methyl sites for hydroxylation is 4. The van der Waals surface area contributed by atoms with Crippen LogP contribution in [0.5, 0.6) is 0 Å². The number of hydrogen-bond acceptors (Lipinski definition) is 0. The molecule has 2 nitrogen and oxygen atoms in total. The summed E-state index contributed by atoms with van der Waals surface area (Å²) in [6.45, 7) is 25.7. The van der Waals surface area contributed by atoms with Gasteiger partial charge >= 0.3 is 20.4 Å². The van der Waals surface area contributed by atoms with E-state index in [1.165, 1.54) is 205 Å². The fourth-order valence-electron chi connectivity index (χ4n) is 9.32. The average Bonchev–Trinajstić information content (AvgIpc) is 3.69. The van der Waals surface area contributed by atoms with E-state index in [-0.39, 0.29) is 20.4 Å². The van der Waals surface area contributed by atoms with Gasteiger partial charge in [-0.2, -0.15) is 12.8 Å². The summed E-state index contributed by atoms with van der Waals surface area (Å²) in [6.07, 6.45) is 50.0. The van der Waals surface area contributed by atoms with Gasteiger partial charge in [-0.25, -0.2) is 4.70 Å². The molecule has 0 radical (unpaired) electrons. The topological polar surface area (TPSA) is 25.3 Å². The van der Waals surface area contributed by atoms with Gasteiger partial charge in [-0.1, -0.05) is 222 Å². The molecule has 0 atom stereocenters. The normalized spacial score (nSPS) is 12.0. The van der Waals surface area contributed by atoms with Crippen LogP contribution in [0, 0.1) is 13.8 Å². The van der Waals surface area contributed by atoms with Crippen molar-refractivity contribution in [2.24, 2.45) is 0 Å². The van der Waals surface area contributed by atoms with Crippen molar-refractivity contribution in [3.05, 3.63) is 100 Å². The molecule has 3 rings (SSSR count). The van der Waals surface area contributed by atoms with Crippen molar-refractivity contribution in [3.8, 4) is 0 Å². The van der Waals surface area contributed by atoms with Crippen LogP contribution in [0.15, 0.2) is 36.4 Å². The fourth-order valence-corrected chi connectivity index (χ4v) is 9.32. The van der Waals surface area contributed by atoms with E-state index in [1.54, 1.807) is 0 Å². The molecule has 2 aromatic rings. The van der Waals surface area contributed by atoms with E-state index in [0.29, 0.717) is 0 Å². The summed E-state index contributed by atoms with van der Waals surface area (Å²) in [4.78, 5) is 0. The summed E-state index contributed by atoms with van der Waals surface area (Å²) >= 11 is 0. The monoisotopic (exact) mass is 957 g/mol. The predicted octanol–water partition coefficient (Wildman–Crippen LogP) is 20.1. The molecule has 0 bridgehead atoms. The molecule has 63 heavy (non-hydrogen) atoms. The van der Waals surface area contributed by atoms with E-state index in [0.717, 1.165) is 73.9 Å². The minimum absolute atomic E-state index is 0. The summed E-state index contributed by atoms with van der Waals surface area (Å²) in [7, 11) is 0. The molecule has 0 saturated heterocycles. The molecule has 0 unspecified atom stereocenters. The summed E-state index contributed by atoms with van der Waals surface area (Å²) in [6, 6.07) is 9.05. The number of rotatable bonds is 34. The third kappa shape index (κ3) is 25.6. The molecule has 3 heteroatoms. The van der Waals surface area contributed by atoms with Crippen LogP contribution in [0.4, 0.5) is 0 Å². The summed E-state index contributed by atoms with van der Waals surface area (Å²) in [5.74, 6) is 0. The molecule has 0 spiro atoms. The standard InChI is InChI=1S/C28H36N2.2C16H33.Pd/c1-7-19-15-23(16-20(8-2)25(19)11-5)27-13-14-28(30(27)29)24-17-21(9-3)26(12-6)22(10-4)18-24;2*1-3-5-7-9-11-13-15-16-14-12-10-8-6-4-2;/h13-18H,7-12H2,1-6H3;2*1,3-16H2,2H3;/q;2*-1;+2. The Labute approximate surface area is 408 Å². The number of allylic oxidation sites excluding steroid dienone is 2. The smallest absolute Gasteiger partial charge is 0.493 e. The zero-order chi connectivity index (χ0) is 45.6. The number of benzene rings is 2. The number of unbranched alkanes of at least 4 members (excludes halogenated alkanes) is 26. The molecule has 362 valence electrons. The largest absolute Gasteiger partial charge is 2.00 e. The first kappa shape index (κ1) is 61.2. The van der Waals surface area contributed by atoms with E-state index in [4.69, 9.17) is 0 Å². The van der Waals surface area contributed by atoms with Crippen LogP contribution >= 0.6 is 0 Å². The van der Waals surface area contributed by atoms with E-state index in [1.807, 2.05) is 0 Å². The Morgan fingerprint density at radius 2 is 0.571 bits per heavy atom. The van der Waals surface area contributed by atoms with Crippen molar-refractivity contribution in [3.63, 3.8) is 0 Å². The quantitative estimate of drug-likeness (QED) is 0.0289. The molecule has 0 N–H and O–H groups in total. The van der Waals surface area contributed by atoms with Crippen molar-refractivity contribution in [1.29, 1.82) is 0 Å². The Hall–Kier alpha value is -1.82. The van der Waals surface area contributed by atoms with Crippen molar-refractivity contribution in [2.45, 2.75) is 274 Å². The summed E-state index contributed by atoms with van der Waals surface area (Å²) in [5, 5.41) is 0. The first-order valence-electron chi connectivity index (χ1n) is 27.1. The average molecular weight is 958 g/mol. The molecule has 0 aliphatic carbocycles. The van der Waals surface area contributed by atoms with Gasteiger partial charge in [-0.05, 0) is 96.2 Å². The molecule has 0 amide bonds. The van der Waals surface area contributed by atoms with Gasteiger partial charge in [0.05, 0.1) is 0 Å². The molecule has 1 aliphatic heterocycles. The molecular formula is C60H102N2Pd. The van der Waals surface area contributed by atoms with Gasteiger partial charge in [0.25, 0.3) is 0 Å². The Morgan fingerprint density at radius 1 is 0.349 bits per heavy atom. The number of hydrogen-bond donors (Lipinski definition) is 0. The second kappa shape index (κ2) is 41.6. The van der Waals surface area contributed by atoms with Crippen molar-refractivity contribution < 1.29 is 25.1 Å². The Morgan fingerprint density at radius 3 is 0.762 bits per heavy atom. The van der Waals surface area contributed by atoms with Crippen molar-refractivity contribution >= 4 is 11.4 Å². The SMILES string of the molecule is CCc1cc(C2=CC=C(c3cc(CC)c(CC)c(CC)c3)[N+]2=[N-])cc(CC)c1CC.[CH2-]CCCCCCCCCCCCCCC.[CH2-]CCCCCCCCCCCCCCC.[Pd+2]. The third-order valence-corrected chi connectivity index (χ3v) is 13.3.